The third kappa shape index (κ3) is 9.28. The molecule has 2 aromatic carbocycles. The maximum absolute atomic E-state index is 15.0. The molecule has 3 saturated heterocycles. The highest BCUT2D eigenvalue weighted by molar-refractivity contribution is 8.03. The summed E-state index contributed by atoms with van der Waals surface area (Å²) in [5.74, 6) is -10.9. The zero-order valence-corrected chi connectivity index (χ0v) is 37.7. The van der Waals surface area contributed by atoms with Crippen molar-refractivity contribution < 1.29 is 69.0 Å². The van der Waals surface area contributed by atoms with Crippen molar-refractivity contribution in [3.63, 3.8) is 0 Å². The van der Waals surface area contributed by atoms with E-state index in [0.717, 1.165) is 11.8 Å². The quantitative estimate of drug-likeness (QED) is 0.109. The fourth-order valence-electron chi connectivity index (χ4n) is 9.74. The van der Waals surface area contributed by atoms with E-state index in [1.165, 1.54) is 77.9 Å². The second-order valence-electron chi connectivity index (χ2n) is 17.3. The number of hydrogen-bond acceptors (Lipinski definition) is 14. The summed E-state index contributed by atoms with van der Waals surface area (Å²) in [5.41, 5.74) is -0.195. The SMILES string of the molecule is C[C@H](O)[C@H](C(=O)N1CC(SC2=C(C(=O)O)N3C(=O)[C@H]([C@@H](C)O)[C@@H]3[C@H]2C)C[C@@H]1C(=O)Nc1cccc(C(=O)O)c1)[C@@H]1N=C(C(=O)O)C(SC2CNC(C(=O)Nc3cccc(C(=O)O)c3)C2)[C@H]1C. The molecule has 4 unspecified atom stereocenters. The third-order valence-electron chi connectivity index (χ3n) is 12.9. The molecule has 22 heteroatoms. The molecule has 4 amide bonds. The molecule has 13 atom stereocenters. The van der Waals surface area contributed by atoms with Gasteiger partial charge in [0.15, 0.2) is 0 Å². The Bertz CT molecular complexity index is 2430. The lowest BCUT2D eigenvalue weighted by Gasteiger charge is -2.46. The van der Waals surface area contributed by atoms with Gasteiger partial charge in [-0.1, -0.05) is 26.0 Å². The summed E-state index contributed by atoms with van der Waals surface area (Å²) in [6, 6.07) is 7.59. The highest BCUT2D eigenvalue weighted by Gasteiger charge is 2.61. The van der Waals surface area contributed by atoms with E-state index in [1.54, 1.807) is 19.9 Å². The first-order chi connectivity index (χ1) is 31.2. The lowest BCUT2D eigenvalue weighted by atomic mass is 9.79. The first-order valence-corrected chi connectivity index (χ1v) is 23.1. The molecule has 7 rings (SSSR count). The number of anilines is 2. The molecule has 2 aromatic rings. The number of carboxylic acid groups (broad SMARTS) is 4. The van der Waals surface area contributed by atoms with Crippen molar-refractivity contribution in [1.82, 2.24) is 15.1 Å². The summed E-state index contributed by atoms with van der Waals surface area (Å²) in [4.78, 5) is 111. The maximum atomic E-state index is 15.0. The highest BCUT2D eigenvalue weighted by atomic mass is 32.2. The van der Waals surface area contributed by atoms with E-state index < -0.39 is 118 Å². The van der Waals surface area contributed by atoms with Crippen molar-refractivity contribution in [2.75, 3.05) is 23.7 Å². The Morgan fingerprint density at radius 2 is 1.42 bits per heavy atom. The highest BCUT2D eigenvalue weighted by Crippen LogP contribution is 2.52. The van der Waals surface area contributed by atoms with Crippen LogP contribution in [-0.2, 0) is 28.8 Å². The summed E-state index contributed by atoms with van der Waals surface area (Å²) in [5, 5.41) is 68.1. The summed E-state index contributed by atoms with van der Waals surface area (Å²) >= 11 is 2.36. The van der Waals surface area contributed by atoms with Crippen LogP contribution in [0, 0.1) is 23.7 Å². The number of aliphatic imine (C=N–C) groups is 1. The van der Waals surface area contributed by atoms with Crippen LogP contribution in [0.1, 0.15) is 61.3 Å². The predicted molar refractivity (Wildman–Crippen MR) is 240 cm³/mol. The number of fused-ring (bicyclic) bond motifs is 1. The number of nitrogens with one attached hydrogen (secondary N) is 3. The number of aliphatic carboxylic acids is 2. The molecular formula is C44H50N6O14S2. The number of amides is 4. The fourth-order valence-corrected chi connectivity index (χ4v) is 12.9. The molecule has 66 heavy (non-hydrogen) atoms. The first-order valence-electron chi connectivity index (χ1n) is 21.3. The molecule has 352 valence electrons. The number of aliphatic hydroxyl groups is 2. The average molecular weight is 951 g/mol. The minimum Gasteiger partial charge on any atom is -0.478 e. The zero-order valence-electron chi connectivity index (χ0n) is 36.1. The molecule has 0 aromatic heterocycles. The molecule has 5 aliphatic heterocycles. The van der Waals surface area contributed by atoms with Gasteiger partial charge in [-0.05, 0) is 69.0 Å². The number of likely N-dealkylation sites (tertiary alicyclic amines) is 1. The van der Waals surface area contributed by atoms with Crippen LogP contribution < -0.4 is 16.0 Å². The van der Waals surface area contributed by atoms with Crippen LogP contribution in [0.3, 0.4) is 0 Å². The molecule has 0 aliphatic carbocycles. The largest absolute Gasteiger partial charge is 0.478 e. The number of aliphatic hydroxyl groups excluding tert-OH is 2. The second-order valence-corrected chi connectivity index (χ2v) is 20.1. The standard InChI is InChI=1S/C44H50N6O14S2/c1-17-31(48-32(43(61)62)35(17)65-25-13-27(45-15-25)37(53)46-23-9-5-7-21(11-23)41(57)58)29(19(3)51)39(55)49-16-26(14-28(49)38(54)47-24-10-6-8-22(12-24)42(59)60)66-36-18(2)33-30(20(4)52)40(56)50(33)34(36)44(63)64/h5-12,17-20,25-31,33,35,45,51-52H,13-16H2,1-4H3,(H,46,53)(H,47,54)(H,57,58)(H,59,60)(H,61,62)(H,63,64)/t17-,18+,19-,20+,25?,26?,27?,28+,29-,30+,31+,33-,35?/m0/s1. The van der Waals surface area contributed by atoms with Crippen molar-refractivity contribution in [3.8, 4) is 0 Å². The lowest BCUT2D eigenvalue weighted by molar-refractivity contribution is -0.163. The molecule has 3 fully saturated rings. The van der Waals surface area contributed by atoms with Crippen molar-refractivity contribution in [1.29, 1.82) is 0 Å². The maximum Gasteiger partial charge on any atom is 0.353 e. The molecule has 0 bridgehead atoms. The fraction of sp³-hybridized carbons (Fsp3) is 0.477. The number of aromatic carboxylic acids is 2. The van der Waals surface area contributed by atoms with Gasteiger partial charge in [-0.3, -0.25) is 24.2 Å². The van der Waals surface area contributed by atoms with Crippen molar-refractivity contribution >= 4 is 88.1 Å². The molecule has 0 spiro atoms. The van der Waals surface area contributed by atoms with Crippen LogP contribution in [0.4, 0.5) is 11.4 Å². The minimum atomic E-state index is -1.42. The van der Waals surface area contributed by atoms with E-state index in [1.807, 2.05) is 0 Å². The number of carboxylic acids is 4. The lowest BCUT2D eigenvalue weighted by Crippen LogP contribution is -2.63. The van der Waals surface area contributed by atoms with Gasteiger partial charge >= 0.3 is 23.9 Å². The van der Waals surface area contributed by atoms with Gasteiger partial charge in [-0.15, -0.1) is 23.5 Å². The van der Waals surface area contributed by atoms with Gasteiger partial charge in [0.2, 0.25) is 23.6 Å². The van der Waals surface area contributed by atoms with Crippen LogP contribution in [0.25, 0.3) is 0 Å². The van der Waals surface area contributed by atoms with Crippen LogP contribution in [0.15, 0.2) is 64.1 Å². The molecule has 5 heterocycles. The Labute approximate surface area is 386 Å². The van der Waals surface area contributed by atoms with Crippen LogP contribution in [0.5, 0.6) is 0 Å². The third-order valence-corrected chi connectivity index (χ3v) is 16.1. The number of hydrogen-bond donors (Lipinski definition) is 9. The van der Waals surface area contributed by atoms with Crippen LogP contribution >= 0.6 is 23.5 Å². The summed E-state index contributed by atoms with van der Waals surface area (Å²) in [6.45, 7) is 6.43. The number of rotatable bonds is 16. The first kappa shape index (κ1) is 48.1. The minimum absolute atomic E-state index is 0.00740. The van der Waals surface area contributed by atoms with E-state index >= 15 is 0 Å². The van der Waals surface area contributed by atoms with Gasteiger partial charge in [-0.25, -0.2) is 19.2 Å². The van der Waals surface area contributed by atoms with Crippen molar-refractivity contribution in [3.05, 3.63) is 70.3 Å². The zero-order chi connectivity index (χ0) is 48.0. The van der Waals surface area contributed by atoms with Gasteiger partial charge in [0.05, 0.1) is 58.5 Å². The van der Waals surface area contributed by atoms with Gasteiger partial charge in [0.25, 0.3) is 0 Å². The Morgan fingerprint density at radius 1 is 0.818 bits per heavy atom. The van der Waals surface area contributed by atoms with Crippen LogP contribution in [0.2, 0.25) is 0 Å². The van der Waals surface area contributed by atoms with Crippen molar-refractivity contribution in [2.45, 2.75) is 92.7 Å². The molecule has 20 nitrogen and oxygen atoms in total. The summed E-state index contributed by atoms with van der Waals surface area (Å²) < 4.78 is 0. The van der Waals surface area contributed by atoms with E-state index in [4.69, 9.17) is 0 Å². The topological polar surface area (TPSA) is 313 Å². The van der Waals surface area contributed by atoms with Crippen LogP contribution in [-0.4, -0.2) is 159 Å². The van der Waals surface area contributed by atoms with Crippen molar-refractivity contribution in [2.24, 2.45) is 28.7 Å². The number of benzene rings is 2. The number of thioether (sulfide) groups is 2. The second kappa shape index (κ2) is 19.2. The van der Waals surface area contributed by atoms with E-state index in [0.29, 0.717) is 11.4 Å². The molecule has 9 N–H and O–H groups in total. The van der Waals surface area contributed by atoms with E-state index in [9.17, 15) is 69.0 Å². The Hall–Kier alpha value is -5.81. The smallest absolute Gasteiger partial charge is 0.353 e. The molecule has 5 aliphatic rings. The van der Waals surface area contributed by atoms with Gasteiger partial charge in [0, 0.05) is 45.8 Å². The predicted octanol–water partition coefficient (Wildman–Crippen LogP) is 1.89. The number of carbonyl (C=O) groups is 8. The molecule has 0 saturated carbocycles. The molecular weight excluding hydrogens is 901 g/mol. The van der Waals surface area contributed by atoms with Gasteiger partial charge in [-0.2, -0.15) is 0 Å². The number of nitrogens with zero attached hydrogens (tertiary/aromatic N) is 3. The number of β-lactam (4-membered cyclic amide) rings is 1. The summed E-state index contributed by atoms with van der Waals surface area (Å²) in [6.07, 6.45) is -2.22. The Balaban J connectivity index is 1.12. The Morgan fingerprint density at radius 3 is 1.97 bits per heavy atom. The Kier molecular flexibility index (Phi) is 14.0. The van der Waals surface area contributed by atoms with E-state index in [2.05, 4.69) is 20.9 Å². The average Bonchev–Trinajstić information content (AvgIpc) is 4.03. The van der Waals surface area contributed by atoms with E-state index in [-0.39, 0.29) is 58.5 Å². The normalized spacial score (nSPS) is 29.4. The number of carbonyl (C=O) groups excluding carboxylic acids is 4. The summed E-state index contributed by atoms with van der Waals surface area (Å²) in [7, 11) is 0. The van der Waals surface area contributed by atoms with Gasteiger partial charge in [0.1, 0.15) is 17.5 Å². The van der Waals surface area contributed by atoms with Gasteiger partial charge < -0.3 is 56.4 Å². The monoisotopic (exact) mass is 950 g/mol. The molecule has 0 radical (unpaired) electrons.